The van der Waals surface area contributed by atoms with Crippen molar-refractivity contribution in [3.05, 3.63) is 30.3 Å². The summed E-state index contributed by atoms with van der Waals surface area (Å²) in [5.74, 6) is 0.652. The summed E-state index contributed by atoms with van der Waals surface area (Å²) >= 11 is 0. The minimum Gasteiger partial charge on any atom is -0.492 e. The molecule has 1 heterocycles. The molecule has 23 heavy (non-hydrogen) atoms. The van der Waals surface area contributed by atoms with Crippen LogP contribution in [-0.4, -0.2) is 62.1 Å². The molecule has 0 bridgehead atoms. The SMILES string of the molecule is CC(=O)N1CCC[C@H](S(=O)(=O)N(C)CCOc2ccccc2)C1. The average Bonchev–Trinajstić information content (AvgIpc) is 2.55. The maximum absolute atomic E-state index is 12.6. The summed E-state index contributed by atoms with van der Waals surface area (Å²) < 4.78 is 32.1. The van der Waals surface area contributed by atoms with Crippen LogP contribution in [0.5, 0.6) is 5.75 Å². The Morgan fingerprint density at radius 2 is 2.04 bits per heavy atom. The molecule has 0 spiro atoms. The summed E-state index contributed by atoms with van der Waals surface area (Å²) in [5, 5.41) is -0.526. The Bertz CT molecular complexity index is 618. The summed E-state index contributed by atoms with van der Waals surface area (Å²) in [6.45, 7) is 2.98. The van der Waals surface area contributed by atoms with E-state index in [1.165, 1.54) is 11.2 Å². The molecule has 0 N–H and O–H groups in total. The first-order valence-electron chi connectivity index (χ1n) is 7.80. The minimum atomic E-state index is -3.42. The van der Waals surface area contributed by atoms with Crippen LogP contribution in [0, 0.1) is 0 Å². The third kappa shape index (κ3) is 4.68. The van der Waals surface area contributed by atoms with Crippen LogP contribution in [0.15, 0.2) is 30.3 Å². The summed E-state index contributed by atoms with van der Waals surface area (Å²) in [6.07, 6.45) is 1.31. The third-order valence-electron chi connectivity index (χ3n) is 4.10. The van der Waals surface area contributed by atoms with Crippen molar-refractivity contribution in [3.63, 3.8) is 0 Å². The van der Waals surface area contributed by atoms with Crippen molar-refractivity contribution in [2.45, 2.75) is 25.0 Å². The molecule has 128 valence electrons. The van der Waals surface area contributed by atoms with Crippen LogP contribution in [0.2, 0.25) is 0 Å². The van der Waals surface area contributed by atoms with Gasteiger partial charge < -0.3 is 9.64 Å². The fraction of sp³-hybridized carbons (Fsp3) is 0.562. The van der Waals surface area contributed by atoms with E-state index in [-0.39, 0.29) is 19.0 Å². The summed E-state index contributed by atoms with van der Waals surface area (Å²) in [6, 6.07) is 9.30. The Labute approximate surface area is 138 Å². The number of sulfonamides is 1. The zero-order chi connectivity index (χ0) is 16.9. The van der Waals surface area contributed by atoms with Crippen molar-refractivity contribution in [3.8, 4) is 5.75 Å². The molecule has 0 saturated carbocycles. The molecule has 0 unspecified atom stereocenters. The zero-order valence-corrected chi connectivity index (χ0v) is 14.5. The van der Waals surface area contributed by atoms with Crippen molar-refractivity contribution < 1.29 is 17.9 Å². The van der Waals surface area contributed by atoms with Gasteiger partial charge in [-0.1, -0.05) is 18.2 Å². The molecule has 0 radical (unpaired) electrons. The van der Waals surface area contributed by atoms with Crippen molar-refractivity contribution in [2.75, 3.05) is 33.3 Å². The third-order valence-corrected chi connectivity index (χ3v) is 6.38. The van der Waals surface area contributed by atoms with Gasteiger partial charge in [-0.15, -0.1) is 0 Å². The topological polar surface area (TPSA) is 66.9 Å². The Kier molecular flexibility index (Phi) is 6.01. The monoisotopic (exact) mass is 340 g/mol. The molecule has 1 fully saturated rings. The maximum Gasteiger partial charge on any atom is 0.219 e. The molecule has 0 aromatic heterocycles. The Balaban J connectivity index is 1.89. The predicted octanol–water partition coefficient (Wildman–Crippen LogP) is 1.34. The van der Waals surface area contributed by atoms with Gasteiger partial charge in [-0.3, -0.25) is 4.79 Å². The van der Waals surface area contributed by atoms with Crippen molar-refractivity contribution >= 4 is 15.9 Å². The van der Waals surface area contributed by atoms with E-state index in [0.717, 1.165) is 12.2 Å². The van der Waals surface area contributed by atoms with E-state index in [9.17, 15) is 13.2 Å². The normalized spacial score (nSPS) is 18.9. The highest BCUT2D eigenvalue weighted by Gasteiger charge is 2.34. The largest absolute Gasteiger partial charge is 0.492 e. The fourth-order valence-corrected chi connectivity index (χ4v) is 4.33. The number of likely N-dealkylation sites (tertiary alicyclic amines) is 1. The van der Waals surface area contributed by atoms with Crippen molar-refractivity contribution in [2.24, 2.45) is 0 Å². The molecule has 6 nitrogen and oxygen atoms in total. The van der Waals surface area contributed by atoms with Gasteiger partial charge in [-0.25, -0.2) is 12.7 Å². The second-order valence-electron chi connectivity index (χ2n) is 5.76. The molecule has 2 rings (SSSR count). The van der Waals surface area contributed by atoms with Gasteiger partial charge in [0, 0.05) is 33.6 Å². The lowest BCUT2D eigenvalue weighted by atomic mass is 10.1. The van der Waals surface area contributed by atoms with E-state index in [1.54, 1.807) is 11.9 Å². The quantitative estimate of drug-likeness (QED) is 0.784. The predicted molar refractivity (Wildman–Crippen MR) is 88.8 cm³/mol. The second-order valence-corrected chi connectivity index (χ2v) is 8.08. The zero-order valence-electron chi connectivity index (χ0n) is 13.6. The number of likely N-dealkylation sites (N-methyl/N-ethyl adjacent to an activating group) is 1. The number of hydrogen-bond acceptors (Lipinski definition) is 4. The van der Waals surface area contributed by atoms with E-state index in [2.05, 4.69) is 0 Å². The molecule has 1 saturated heterocycles. The Hall–Kier alpha value is -1.60. The van der Waals surface area contributed by atoms with Gasteiger partial charge in [-0.2, -0.15) is 0 Å². The van der Waals surface area contributed by atoms with Crippen LogP contribution in [0.1, 0.15) is 19.8 Å². The smallest absolute Gasteiger partial charge is 0.219 e. The number of benzene rings is 1. The van der Waals surface area contributed by atoms with Gasteiger partial charge in [0.05, 0.1) is 5.25 Å². The molecule has 7 heteroatoms. The average molecular weight is 340 g/mol. The van der Waals surface area contributed by atoms with Crippen LogP contribution in [0.4, 0.5) is 0 Å². The number of nitrogens with zero attached hydrogens (tertiary/aromatic N) is 2. The van der Waals surface area contributed by atoms with Gasteiger partial charge in [0.2, 0.25) is 15.9 Å². The van der Waals surface area contributed by atoms with Crippen LogP contribution >= 0.6 is 0 Å². The van der Waals surface area contributed by atoms with Gasteiger partial charge in [-0.05, 0) is 25.0 Å². The minimum absolute atomic E-state index is 0.0695. The molecule has 1 aliphatic heterocycles. The molecule has 0 aliphatic carbocycles. The van der Waals surface area contributed by atoms with E-state index < -0.39 is 15.3 Å². The standard InChI is InChI=1S/C16H24N2O4S/c1-14(19)18-10-6-9-16(13-18)23(20,21)17(2)11-12-22-15-7-4-3-5-8-15/h3-5,7-8,16H,6,9-13H2,1-2H3/t16-/m0/s1. The lowest BCUT2D eigenvalue weighted by Gasteiger charge is -2.33. The fourth-order valence-electron chi connectivity index (χ4n) is 2.66. The number of piperidine rings is 1. The Morgan fingerprint density at radius 1 is 1.35 bits per heavy atom. The van der Waals surface area contributed by atoms with Gasteiger partial charge in [0.25, 0.3) is 0 Å². The molecular weight excluding hydrogens is 316 g/mol. The van der Waals surface area contributed by atoms with Crippen LogP contribution in [0.3, 0.4) is 0 Å². The van der Waals surface area contributed by atoms with E-state index in [0.29, 0.717) is 19.6 Å². The molecule has 1 aromatic carbocycles. The number of amides is 1. The first-order valence-corrected chi connectivity index (χ1v) is 9.30. The second kappa shape index (κ2) is 7.79. The lowest BCUT2D eigenvalue weighted by molar-refractivity contribution is -0.129. The van der Waals surface area contributed by atoms with Gasteiger partial charge in [0.15, 0.2) is 0 Å². The molecule has 1 aromatic rings. The highest BCUT2D eigenvalue weighted by molar-refractivity contribution is 7.89. The summed E-state index contributed by atoms with van der Waals surface area (Å²) in [7, 11) is -1.86. The van der Waals surface area contributed by atoms with E-state index in [1.807, 2.05) is 30.3 Å². The number of rotatable bonds is 6. The van der Waals surface area contributed by atoms with Gasteiger partial charge in [0.1, 0.15) is 12.4 Å². The number of ether oxygens (including phenoxy) is 1. The van der Waals surface area contributed by atoms with Crippen LogP contribution < -0.4 is 4.74 Å². The summed E-state index contributed by atoms with van der Waals surface area (Å²) in [4.78, 5) is 13.1. The lowest BCUT2D eigenvalue weighted by Crippen LogP contribution is -2.48. The highest BCUT2D eigenvalue weighted by atomic mass is 32.2. The Morgan fingerprint density at radius 3 is 2.70 bits per heavy atom. The van der Waals surface area contributed by atoms with E-state index >= 15 is 0 Å². The van der Waals surface area contributed by atoms with E-state index in [4.69, 9.17) is 4.74 Å². The molecule has 1 aliphatic rings. The molecule has 1 atom stereocenters. The molecule has 1 amide bonds. The van der Waals surface area contributed by atoms with Crippen molar-refractivity contribution in [1.29, 1.82) is 0 Å². The highest BCUT2D eigenvalue weighted by Crippen LogP contribution is 2.20. The first kappa shape index (κ1) is 17.7. The summed E-state index contributed by atoms with van der Waals surface area (Å²) in [5.41, 5.74) is 0. The van der Waals surface area contributed by atoms with Crippen molar-refractivity contribution in [1.82, 2.24) is 9.21 Å². The van der Waals surface area contributed by atoms with Crippen LogP contribution in [-0.2, 0) is 14.8 Å². The van der Waals surface area contributed by atoms with Gasteiger partial charge >= 0.3 is 0 Å². The molecular formula is C16H24N2O4S. The van der Waals surface area contributed by atoms with Crippen LogP contribution in [0.25, 0.3) is 0 Å². The maximum atomic E-state index is 12.6. The number of carbonyl (C=O) groups excluding carboxylic acids is 1. The number of para-hydroxylation sites is 1. The first-order chi connectivity index (χ1) is 10.9. The number of carbonyl (C=O) groups is 1. The number of hydrogen-bond donors (Lipinski definition) is 0.